The van der Waals surface area contributed by atoms with Crippen molar-refractivity contribution in [1.82, 2.24) is 68.8 Å². The van der Waals surface area contributed by atoms with Crippen molar-refractivity contribution in [2.45, 2.75) is 183 Å². The molecule has 5 aromatic carbocycles. The molecule has 12 amide bonds. The van der Waals surface area contributed by atoms with Crippen molar-refractivity contribution in [3.05, 3.63) is 179 Å². The quantitative estimate of drug-likeness (QED) is 0.0245. The third-order valence-electron chi connectivity index (χ3n) is 18.4. The number of amides is 12. The van der Waals surface area contributed by atoms with E-state index in [-0.39, 0.29) is 63.3 Å². The van der Waals surface area contributed by atoms with Crippen molar-refractivity contribution >= 4 is 109 Å². The minimum atomic E-state index is -1.95. The standard InChI is InChI=1S/C78H102N16O17S2/c1-43(2)82-38-50-29-27-49(28-30-50)35-58-73(105)93-65(44(3)96)76(108)90-59(34-48-22-12-7-13-23-48)74(106)94-66(45(4)97)77(109)91-62(40-95)75(107)92-63(78(110)111)42-113-112-41-53(80)67(99)84-55(26-16-17-31-79)68(100)89-61(37-64(81)98)72(104)86-56(32-46-18-8-5-9-19-46)69(101)85-57(33-47-20-10-6-11-21-47)70(102)88-60(71(103)87-58)36-51-39-83-54-25-15-14-24-52(51)54/h5-15,18-25,27-30,39,43-45,53,55-63,65-66,82-83,95-97H,16-17,26,31-38,40-42,79-80H2,1-4H3,(H2,81,98)(H,84,99)(H,85,101)(H,86,104)(H,87,103)(H,88,102)(H,89,100)(H,90,108)(H,91,109)(H,92,107)(H,93,105)(H,94,106)(H,110,111)/t44-,45-,53+,55+,56+,57?,58?,59+,60-,61?,62+,63?,65?,66?/m1/s1. The fourth-order valence-corrected chi connectivity index (χ4v) is 14.4. The second kappa shape index (κ2) is 45.0. The first-order valence-corrected chi connectivity index (χ1v) is 39.5. The predicted octanol–water partition coefficient (Wildman–Crippen LogP) is -1.92. The molecule has 33 nitrogen and oxygen atoms in total. The average Bonchev–Trinajstić information content (AvgIpc) is 1.69. The highest BCUT2D eigenvalue weighted by Gasteiger charge is 2.39. The molecule has 0 saturated carbocycles. The summed E-state index contributed by atoms with van der Waals surface area (Å²) >= 11 is 0. The van der Waals surface area contributed by atoms with Gasteiger partial charge in [-0.3, -0.25) is 57.5 Å². The maximum atomic E-state index is 15.6. The van der Waals surface area contributed by atoms with Gasteiger partial charge < -0.3 is 106 Å². The highest BCUT2D eigenvalue weighted by atomic mass is 33.1. The van der Waals surface area contributed by atoms with Gasteiger partial charge in [0.1, 0.15) is 66.5 Å². The summed E-state index contributed by atoms with van der Waals surface area (Å²) in [7, 11) is 1.73. The van der Waals surface area contributed by atoms with Gasteiger partial charge in [0.2, 0.25) is 70.9 Å². The minimum Gasteiger partial charge on any atom is -0.480 e. The van der Waals surface area contributed by atoms with Crippen molar-refractivity contribution in [3.63, 3.8) is 0 Å². The van der Waals surface area contributed by atoms with Crippen LogP contribution in [0.5, 0.6) is 0 Å². The number of aromatic nitrogens is 1. The highest BCUT2D eigenvalue weighted by molar-refractivity contribution is 8.76. The van der Waals surface area contributed by atoms with E-state index in [9.17, 15) is 63.6 Å². The third kappa shape index (κ3) is 28.7. The molecule has 14 atom stereocenters. The number of rotatable bonds is 23. The Labute approximate surface area is 661 Å². The number of H-pyrrole nitrogens is 1. The number of benzene rings is 5. The topological polar surface area (TPSA) is 541 Å². The number of carboxylic acids is 1. The van der Waals surface area contributed by atoms with E-state index in [4.69, 9.17) is 17.2 Å². The molecule has 1 aromatic heterocycles. The van der Waals surface area contributed by atoms with E-state index in [0.717, 1.165) is 34.1 Å². The lowest BCUT2D eigenvalue weighted by molar-refractivity contribution is -0.142. The van der Waals surface area contributed by atoms with Gasteiger partial charge in [0.25, 0.3) is 0 Å². The van der Waals surface area contributed by atoms with E-state index < -0.39 is 180 Å². The summed E-state index contributed by atoms with van der Waals surface area (Å²) < 4.78 is 0. The van der Waals surface area contributed by atoms with Gasteiger partial charge in [0, 0.05) is 73.3 Å². The molecule has 1 saturated heterocycles. The van der Waals surface area contributed by atoms with E-state index in [2.05, 4.69) is 68.8 Å². The molecule has 23 N–H and O–H groups in total. The Balaban J connectivity index is 1.32. The molecule has 0 radical (unpaired) electrons. The fraction of sp³-hybridized carbons (Fsp3) is 0.423. The lowest BCUT2D eigenvalue weighted by Gasteiger charge is -2.29. The lowest BCUT2D eigenvalue weighted by atomic mass is 9.99. The van der Waals surface area contributed by atoms with Gasteiger partial charge >= 0.3 is 5.97 Å². The molecular formula is C78H102N16O17S2. The zero-order valence-corrected chi connectivity index (χ0v) is 64.7. The zero-order chi connectivity index (χ0) is 82.3. The lowest BCUT2D eigenvalue weighted by Crippen LogP contribution is -2.63. The first kappa shape index (κ1) is 89.4. The predicted molar refractivity (Wildman–Crippen MR) is 423 cm³/mol. The SMILES string of the molecule is CC(C)NCc1ccc(CC2NC(=O)[C@@H](Cc3c[nH]c4ccccc34)NC(=O)C(Cc3ccccc3)NC(=O)[C@H](Cc3ccccc3)NC(=O)C(CC(N)=O)NC(=O)[C@H](CCCCN)NC(=O)[C@@H](N)CSSCC(C(=O)O)NC(=O)[C@H](CO)NC(=O)C([C@@H](C)O)NC(=O)[C@H](Cc3ccccc3)NC(=O)C([C@@H](C)O)NC2=O)cc1. The maximum absolute atomic E-state index is 15.6. The number of carbonyl (C=O) groups excluding carboxylic acids is 12. The molecule has 1 fully saturated rings. The van der Waals surface area contributed by atoms with Crippen LogP contribution in [0.15, 0.2) is 146 Å². The number of carboxylic acid groups (broad SMARTS) is 1. The number of hydrogen-bond donors (Lipinski definition) is 20. The molecule has 7 rings (SSSR count). The third-order valence-corrected chi connectivity index (χ3v) is 20.8. The number of primary amides is 1. The molecule has 113 heavy (non-hydrogen) atoms. The number of aliphatic hydroxyl groups excluding tert-OH is 3. The number of nitrogens with two attached hydrogens (primary N) is 3. The number of aliphatic hydroxyl groups is 3. The number of aromatic amines is 1. The van der Waals surface area contributed by atoms with Crippen LogP contribution in [-0.2, 0) is 101 Å². The number of para-hydroxylation sites is 1. The van der Waals surface area contributed by atoms with Crippen LogP contribution in [0.1, 0.15) is 86.8 Å². The second-order valence-electron chi connectivity index (χ2n) is 27.8. The van der Waals surface area contributed by atoms with Crippen molar-refractivity contribution < 1.29 is 82.8 Å². The summed E-state index contributed by atoms with van der Waals surface area (Å²) in [4.78, 5) is 190. The molecule has 2 heterocycles. The Bertz CT molecular complexity index is 4200. The molecule has 0 aliphatic carbocycles. The molecule has 6 unspecified atom stereocenters. The van der Waals surface area contributed by atoms with Crippen LogP contribution < -0.4 is 81.0 Å². The van der Waals surface area contributed by atoms with Crippen molar-refractivity contribution in [3.8, 4) is 0 Å². The van der Waals surface area contributed by atoms with Crippen LogP contribution in [0, 0.1) is 0 Å². The van der Waals surface area contributed by atoms with Gasteiger partial charge in [0.05, 0.1) is 31.3 Å². The zero-order valence-electron chi connectivity index (χ0n) is 63.1. The molecule has 1 aliphatic heterocycles. The van der Waals surface area contributed by atoms with Crippen LogP contribution >= 0.6 is 21.6 Å². The molecule has 608 valence electrons. The first-order valence-electron chi connectivity index (χ1n) is 37.0. The normalized spacial score (nSPS) is 23.8. The summed E-state index contributed by atoms with van der Waals surface area (Å²) in [5, 5.41) is 75.1. The second-order valence-corrected chi connectivity index (χ2v) is 30.4. The van der Waals surface area contributed by atoms with Gasteiger partial charge in [-0.25, -0.2) is 4.79 Å². The molecule has 35 heteroatoms. The average molecular weight is 1600 g/mol. The Morgan fingerprint density at radius 3 is 1.28 bits per heavy atom. The van der Waals surface area contributed by atoms with Crippen LogP contribution in [0.4, 0.5) is 0 Å². The number of unbranched alkanes of at least 4 members (excludes halogenated alkanes) is 1. The molecule has 0 bridgehead atoms. The number of hydrogen-bond acceptors (Lipinski definition) is 21. The summed E-state index contributed by atoms with van der Waals surface area (Å²) in [5.41, 5.74) is 21.8. The summed E-state index contributed by atoms with van der Waals surface area (Å²) in [6.07, 6.45) is -3.56. The van der Waals surface area contributed by atoms with Crippen molar-refractivity contribution in [2.75, 3.05) is 24.7 Å². The fourth-order valence-electron chi connectivity index (χ4n) is 12.1. The van der Waals surface area contributed by atoms with Crippen LogP contribution in [0.2, 0.25) is 0 Å². The Hall–Kier alpha value is -10.8. The van der Waals surface area contributed by atoms with Gasteiger partial charge in [-0.1, -0.05) is 169 Å². The number of aliphatic carboxylic acids is 1. The largest absolute Gasteiger partial charge is 0.480 e. The van der Waals surface area contributed by atoms with E-state index >= 15 is 19.2 Å². The van der Waals surface area contributed by atoms with Crippen molar-refractivity contribution in [1.29, 1.82) is 0 Å². The summed E-state index contributed by atoms with van der Waals surface area (Å²) in [6.45, 7) is 5.72. The van der Waals surface area contributed by atoms with Crippen LogP contribution in [0.3, 0.4) is 0 Å². The van der Waals surface area contributed by atoms with Gasteiger partial charge in [-0.15, -0.1) is 0 Å². The Morgan fingerprint density at radius 1 is 0.451 bits per heavy atom. The van der Waals surface area contributed by atoms with E-state index in [1.165, 1.54) is 6.92 Å². The highest BCUT2D eigenvalue weighted by Crippen LogP contribution is 2.24. The number of carbonyl (C=O) groups is 13. The van der Waals surface area contributed by atoms with Crippen LogP contribution in [0.25, 0.3) is 10.9 Å². The summed E-state index contributed by atoms with van der Waals surface area (Å²) in [6, 6.07) is 19.0. The van der Waals surface area contributed by atoms with Gasteiger partial charge in [0.15, 0.2) is 0 Å². The summed E-state index contributed by atoms with van der Waals surface area (Å²) in [5.74, 6) is -15.0. The number of nitrogens with one attached hydrogen (secondary N) is 13. The first-order chi connectivity index (χ1) is 54.0. The van der Waals surface area contributed by atoms with E-state index in [1.54, 1.807) is 146 Å². The van der Waals surface area contributed by atoms with Gasteiger partial charge in [-0.05, 0) is 79.1 Å². The number of fused-ring (bicyclic) bond motifs is 1. The Kier molecular flexibility index (Phi) is 35.6. The van der Waals surface area contributed by atoms with E-state index in [1.807, 2.05) is 13.8 Å². The molecular weight excluding hydrogens is 1500 g/mol. The molecule has 6 aromatic rings. The van der Waals surface area contributed by atoms with E-state index in [0.29, 0.717) is 51.7 Å². The maximum Gasteiger partial charge on any atom is 0.327 e. The molecule has 1 aliphatic rings. The van der Waals surface area contributed by atoms with Crippen molar-refractivity contribution in [2.24, 2.45) is 17.2 Å². The molecule has 0 spiro atoms. The van der Waals surface area contributed by atoms with Crippen LogP contribution in [-0.4, -0.2) is 218 Å². The Morgan fingerprint density at radius 2 is 0.832 bits per heavy atom. The smallest absolute Gasteiger partial charge is 0.327 e. The van der Waals surface area contributed by atoms with Gasteiger partial charge in [-0.2, -0.15) is 0 Å². The monoisotopic (exact) mass is 1600 g/mol. The minimum absolute atomic E-state index is 0.0767.